The summed E-state index contributed by atoms with van der Waals surface area (Å²) < 4.78 is 83.3. The van der Waals surface area contributed by atoms with E-state index in [1.807, 2.05) is 0 Å². The normalized spacial score (nSPS) is 11.9. The zero-order valence-electron chi connectivity index (χ0n) is 14.9. The van der Waals surface area contributed by atoms with Crippen LogP contribution >= 0.6 is 11.6 Å². The van der Waals surface area contributed by atoms with Gasteiger partial charge in [0.05, 0.1) is 23.5 Å². The number of sulfone groups is 1. The van der Waals surface area contributed by atoms with Crippen molar-refractivity contribution in [2.45, 2.75) is 11.3 Å². The molecule has 1 heterocycles. The molecule has 0 saturated carbocycles. The van der Waals surface area contributed by atoms with Crippen LogP contribution in [0.3, 0.4) is 0 Å². The third kappa shape index (κ3) is 4.08. The summed E-state index contributed by atoms with van der Waals surface area (Å²) in [5.41, 5.74) is -0.0724. The summed E-state index contributed by atoms with van der Waals surface area (Å²) >= 11 is 5.97. The summed E-state index contributed by atoms with van der Waals surface area (Å²) in [5, 5.41) is 0.265. The van der Waals surface area contributed by atoms with Crippen molar-refractivity contribution in [1.29, 1.82) is 0 Å². The van der Waals surface area contributed by atoms with Crippen LogP contribution in [0.15, 0.2) is 35.2 Å². The Morgan fingerprint density at radius 3 is 2.24 bits per heavy atom. The maximum absolute atomic E-state index is 14.3. The molecule has 0 fully saturated rings. The van der Waals surface area contributed by atoms with E-state index in [0.717, 1.165) is 12.1 Å². The molecule has 0 aliphatic carbocycles. The van der Waals surface area contributed by atoms with E-state index in [1.54, 1.807) is 0 Å². The molecule has 11 heteroatoms. The van der Waals surface area contributed by atoms with Gasteiger partial charge >= 0.3 is 0 Å². The SMILES string of the molecule is COc1cc(-c2[nH]c(C(F)F)nc2-c2cc(F)c(S(C)(=O)=O)c(F)c2)ccc1Cl. The third-order valence-electron chi connectivity index (χ3n) is 4.01. The van der Waals surface area contributed by atoms with Crippen LogP contribution < -0.4 is 4.74 Å². The van der Waals surface area contributed by atoms with Gasteiger partial charge in [-0.05, 0) is 24.3 Å². The summed E-state index contributed by atoms with van der Waals surface area (Å²) in [5.74, 6) is -3.20. The summed E-state index contributed by atoms with van der Waals surface area (Å²) in [4.78, 5) is 5.06. The monoisotopic (exact) mass is 448 g/mol. The minimum absolute atomic E-state index is 0.0289. The quantitative estimate of drug-likeness (QED) is 0.556. The van der Waals surface area contributed by atoms with Gasteiger partial charge in [-0.1, -0.05) is 17.7 Å². The van der Waals surface area contributed by atoms with E-state index in [9.17, 15) is 26.0 Å². The van der Waals surface area contributed by atoms with Crippen LogP contribution in [-0.2, 0) is 9.84 Å². The molecule has 0 atom stereocenters. The molecule has 0 unspecified atom stereocenters. The zero-order chi connectivity index (χ0) is 21.5. The highest BCUT2D eigenvalue weighted by Gasteiger charge is 2.25. The van der Waals surface area contributed by atoms with Crippen LogP contribution in [0.2, 0.25) is 5.02 Å². The molecule has 5 nitrogen and oxygen atoms in total. The minimum Gasteiger partial charge on any atom is -0.495 e. The van der Waals surface area contributed by atoms with E-state index in [2.05, 4.69) is 9.97 Å². The lowest BCUT2D eigenvalue weighted by molar-refractivity contribution is 0.141. The van der Waals surface area contributed by atoms with Gasteiger partial charge in [-0.15, -0.1) is 0 Å². The molecule has 29 heavy (non-hydrogen) atoms. The van der Waals surface area contributed by atoms with Gasteiger partial charge in [-0.3, -0.25) is 0 Å². The molecule has 3 aromatic rings. The molecule has 0 aliphatic heterocycles. The number of alkyl halides is 2. The first-order valence-electron chi connectivity index (χ1n) is 7.94. The number of hydrogen-bond donors (Lipinski definition) is 1. The lowest BCUT2D eigenvalue weighted by Crippen LogP contribution is -2.05. The van der Waals surface area contributed by atoms with Crippen molar-refractivity contribution in [3.63, 3.8) is 0 Å². The zero-order valence-corrected chi connectivity index (χ0v) is 16.5. The van der Waals surface area contributed by atoms with Gasteiger partial charge in [-0.25, -0.2) is 31.0 Å². The molecule has 0 saturated heterocycles. The Hall–Kier alpha value is -2.59. The van der Waals surface area contributed by atoms with Gasteiger partial charge in [0.2, 0.25) is 0 Å². The van der Waals surface area contributed by atoms with E-state index < -0.39 is 38.6 Å². The number of aromatic amines is 1. The highest BCUT2D eigenvalue weighted by Crippen LogP contribution is 2.37. The molecular formula is C18H13ClF4N2O3S. The smallest absolute Gasteiger partial charge is 0.295 e. The number of imidazole rings is 1. The first-order valence-corrected chi connectivity index (χ1v) is 10.2. The van der Waals surface area contributed by atoms with Crippen molar-refractivity contribution in [2.24, 2.45) is 0 Å². The number of H-pyrrole nitrogens is 1. The van der Waals surface area contributed by atoms with Crippen molar-refractivity contribution in [3.05, 3.63) is 52.8 Å². The number of ether oxygens (including phenoxy) is 1. The maximum atomic E-state index is 14.3. The van der Waals surface area contributed by atoms with E-state index in [4.69, 9.17) is 16.3 Å². The fourth-order valence-corrected chi connectivity index (χ4v) is 3.80. The maximum Gasteiger partial charge on any atom is 0.295 e. The topological polar surface area (TPSA) is 72.0 Å². The highest BCUT2D eigenvalue weighted by atomic mass is 35.5. The van der Waals surface area contributed by atoms with Gasteiger partial charge in [0.25, 0.3) is 6.43 Å². The van der Waals surface area contributed by atoms with Gasteiger partial charge < -0.3 is 9.72 Å². The predicted octanol–water partition coefficient (Wildman–Crippen LogP) is 5.03. The van der Waals surface area contributed by atoms with Crippen molar-refractivity contribution in [3.8, 4) is 28.3 Å². The van der Waals surface area contributed by atoms with E-state index >= 15 is 0 Å². The molecule has 0 aliphatic rings. The third-order valence-corrected chi connectivity index (χ3v) is 5.45. The Balaban J connectivity index is 2.26. The molecule has 0 radical (unpaired) electrons. The largest absolute Gasteiger partial charge is 0.495 e. The summed E-state index contributed by atoms with van der Waals surface area (Å²) in [6.07, 6.45) is -2.33. The molecule has 0 amide bonds. The molecule has 3 rings (SSSR count). The number of aromatic nitrogens is 2. The first kappa shape index (κ1) is 21.1. The standard InChI is InChI=1S/C18H13ClF4N2O3S/c1-28-13-7-8(3-4-10(13)19)14-15(25-18(24-14)17(22)23)9-5-11(20)16(12(21)6-9)29(2,26)27/h3-7,17H,1-2H3,(H,24,25). The lowest BCUT2D eigenvalue weighted by Gasteiger charge is -2.09. The number of halogens is 5. The average Bonchev–Trinajstić information content (AvgIpc) is 3.06. The van der Waals surface area contributed by atoms with Gasteiger partial charge in [-0.2, -0.15) is 0 Å². The summed E-state index contributed by atoms with van der Waals surface area (Å²) in [7, 11) is -2.82. The lowest BCUT2D eigenvalue weighted by atomic mass is 10.0. The fourth-order valence-electron chi connectivity index (χ4n) is 2.78. The summed E-state index contributed by atoms with van der Waals surface area (Å²) in [6, 6.07) is 5.82. The average molecular weight is 449 g/mol. The van der Waals surface area contributed by atoms with Crippen molar-refractivity contribution in [1.82, 2.24) is 9.97 Å². The predicted molar refractivity (Wildman–Crippen MR) is 99.0 cm³/mol. The van der Waals surface area contributed by atoms with Gasteiger partial charge in [0.15, 0.2) is 15.7 Å². The summed E-state index contributed by atoms with van der Waals surface area (Å²) in [6.45, 7) is 0. The number of nitrogens with zero attached hydrogens (tertiary/aromatic N) is 1. The molecule has 154 valence electrons. The Kier molecular flexibility index (Phi) is 5.59. The first-order chi connectivity index (χ1) is 13.5. The van der Waals surface area contributed by atoms with E-state index in [-0.39, 0.29) is 27.7 Å². The molecule has 2 aromatic carbocycles. The number of hydrogen-bond acceptors (Lipinski definition) is 4. The van der Waals surface area contributed by atoms with Crippen LogP contribution in [0.5, 0.6) is 5.75 Å². The number of rotatable bonds is 5. The number of benzene rings is 2. The molecular weight excluding hydrogens is 436 g/mol. The van der Waals surface area contributed by atoms with Crippen LogP contribution in [0, 0.1) is 11.6 Å². The minimum atomic E-state index is -4.18. The molecule has 0 bridgehead atoms. The number of methoxy groups -OCH3 is 1. The Bertz CT molecular complexity index is 1170. The van der Waals surface area contributed by atoms with Crippen molar-refractivity contribution >= 4 is 21.4 Å². The Labute approximate surface area is 168 Å². The van der Waals surface area contributed by atoms with Crippen LogP contribution in [0.1, 0.15) is 12.2 Å². The fraction of sp³-hybridized carbons (Fsp3) is 0.167. The Morgan fingerprint density at radius 2 is 1.72 bits per heavy atom. The molecule has 1 N–H and O–H groups in total. The van der Waals surface area contributed by atoms with Crippen LogP contribution in [0.4, 0.5) is 17.6 Å². The second kappa shape index (κ2) is 7.68. The molecule has 0 spiro atoms. The van der Waals surface area contributed by atoms with Gasteiger partial charge in [0.1, 0.15) is 22.3 Å². The number of nitrogens with one attached hydrogen (secondary N) is 1. The van der Waals surface area contributed by atoms with E-state index in [1.165, 1.54) is 25.3 Å². The highest BCUT2D eigenvalue weighted by molar-refractivity contribution is 7.90. The Morgan fingerprint density at radius 1 is 1.10 bits per heavy atom. The van der Waals surface area contributed by atoms with Crippen LogP contribution in [-0.4, -0.2) is 31.8 Å². The van der Waals surface area contributed by atoms with Crippen LogP contribution in [0.25, 0.3) is 22.5 Å². The second-order valence-corrected chi connectivity index (χ2v) is 8.40. The molecule has 1 aromatic heterocycles. The second-order valence-electron chi connectivity index (χ2n) is 6.04. The van der Waals surface area contributed by atoms with Crippen molar-refractivity contribution in [2.75, 3.05) is 13.4 Å². The van der Waals surface area contributed by atoms with E-state index in [0.29, 0.717) is 11.8 Å². The van der Waals surface area contributed by atoms with Gasteiger partial charge in [0, 0.05) is 17.4 Å². The van der Waals surface area contributed by atoms with Crippen molar-refractivity contribution < 1.29 is 30.7 Å².